The molecule has 1 unspecified atom stereocenters. The number of rotatable bonds is 6. The van der Waals surface area contributed by atoms with Gasteiger partial charge in [0.05, 0.1) is 5.69 Å². The predicted molar refractivity (Wildman–Crippen MR) is 109 cm³/mol. The van der Waals surface area contributed by atoms with Crippen molar-refractivity contribution in [1.29, 1.82) is 0 Å². The van der Waals surface area contributed by atoms with Crippen molar-refractivity contribution in [3.8, 4) is 11.3 Å². The highest BCUT2D eigenvalue weighted by atomic mass is 79.9. The maximum Gasteiger partial charge on any atom is 0.357 e. The molecule has 1 aromatic heterocycles. The molecule has 0 aliphatic heterocycles. The molecule has 3 aromatic rings. The van der Waals surface area contributed by atoms with Gasteiger partial charge in [-0.3, -0.25) is 9.89 Å². The predicted octanol–water partition coefficient (Wildman–Crippen LogP) is 4.18. The van der Waals surface area contributed by atoms with Gasteiger partial charge in [0.25, 0.3) is 5.91 Å². The Bertz CT molecular complexity index is 1020. The molecule has 0 aliphatic rings. The number of H-pyrrole nitrogens is 1. The maximum atomic E-state index is 13.3. The van der Waals surface area contributed by atoms with Crippen molar-refractivity contribution in [1.82, 2.24) is 15.1 Å². The summed E-state index contributed by atoms with van der Waals surface area (Å²) in [5.74, 6) is -1.44. The monoisotopic (exact) mass is 459 g/mol. The van der Waals surface area contributed by atoms with E-state index in [1.807, 2.05) is 24.3 Å². The van der Waals surface area contributed by atoms with Gasteiger partial charge in [0, 0.05) is 23.6 Å². The van der Waals surface area contributed by atoms with Crippen LogP contribution in [-0.4, -0.2) is 40.1 Å². The largest absolute Gasteiger partial charge is 0.448 e. The van der Waals surface area contributed by atoms with Crippen LogP contribution in [0.4, 0.5) is 4.39 Å². The fourth-order valence-corrected chi connectivity index (χ4v) is 3.03. The summed E-state index contributed by atoms with van der Waals surface area (Å²) in [6.45, 7) is 1.70. The zero-order chi connectivity index (χ0) is 21.0. The fraction of sp³-hybridized carbons (Fsp3) is 0.190. The van der Waals surface area contributed by atoms with Crippen LogP contribution in [0, 0.1) is 5.82 Å². The zero-order valence-electron chi connectivity index (χ0n) is 15.9. The number of carbonyl (C=O) groups excluding carboxylic acids is 2. The molecule has 29 heavy (non-hydrogen) atoms. The lowest BCUT2D eigenvalue weighted by Crippen LogP contribution is -2.37. The molecule has 0 bridgehead atoms. The standard InChI is InChI=1S/C21H19BrFN3O3/c1-13(20(27)26(2)12-14-4-3-5-17(23)10-14)29-21(28)19-11-18(24-25-19)15-6-8-16(22)9-7-15/h3-11,13H,12H2,1-2H3,(H,24,25). The van der Waals surface area contributed by atoms with Gasteiger partial charge in [-0.15, -0.1) is 0 Å². The summed E-state index contributed by atoms with van der Waals surface area (Å²) in [7, 11) is 1.57. The van der Waals surface area contributed by atoms with E-state index < -0.39 is 18.0 Å². The lowest BCUT2D eigenvalue weighted by atomic mass is 10.1. The summed E-state index contributed by atoms with van der Waals surface area (Å²) in [5, 5.41) is 6.75. The van der Waals surface area contributed by atoms with Crippen LogP contribution in [0.2, 0.25) is 0 Å². The molecule has 1 amide bonds. The number of aromatic amines is 1. The van der Waals surface area contributed by atoms with E-state index in [2.05, 4.69) is 26.1 Å². The number of hydrogen-bond acceptors (Lipinski definition) is 4. The third kappa shape index (κ3) is 5.29. The molecular weight excluding hydrogens is 441 g/mol. The first-order chi connectivity index (χ1) is 13.8. The summed E-state index contributed by atoms with van der Waals surface area (Å²) < 4.78 is 19.5. The second-order valence-corrected chi connectivity index (χ2v) is 7.46. The molecule has 0 fully saturated rings. The second-order valence-electron chi connectivity index (χ2n) is 6.55. The van der Waals surface area contributed by atoms with E-state index in [1.54, 1.807) is 25.2 Å². The Morgan fingerprint density at radius 3 is 2.62 bits per heavy atom. The van der Waals surface area contributed by atoms with Gasteiger partial charge in [0.2, 0.25) is 0 Å². The van der Waals surface area contributed by atoms with E-state index in [4.69, 9.17) is 4.74 Å². The first kappa shape index (κ1) is 20.7. The SMILES string of the molecule is CC(OC(=O)c1cc(-c2ccc(Br)cc2)n[nH]1)C(=O)N(C)Cc1cccc(F)c1. The minimum Gasteiger partial charge on any atom is -0.448 e. The molecule has 1 N–H and O–H groups in total. The van der Waals surface area contributed by atoms with Crippen molar-refractivity contribution in [2.45, 2.75) is 19.6 Å². The zero-order valence-corrected chi connectivity index (χ0v) is 17.4. The van der Waals surface area contributed by atoms with Crippen LogP contribution in [0.5, 0.6) is 0 Å². The molecule has 1 atom stereocenters. The number of esters is 1. The first-order valence-electron chi connectivity index (χ1n) is 8.85. The minimum absolute atomic E-state index is 0.148. The Hall–Kier alpha value is -3.00. The number of benzene rings is 2. The number of aromatic nitrogens is 2. The molecule has 150 valence electrons. The average molecular weight is 460 g/mol. The van der Waals surface area contributed by atoms with Crippen molar-refractivity contribution >= 4 is 27.8 Å². The van der Waals surface area contributed by atoms with E-state index >= 15 is 0 Å². The number of likely N-dealkylation sites (N-methyl/N-ethyl adjacent to an activating group) is 1. The van der Waals surface area contributed by atoms with E-state index in [0.717, 1.165) is 10.0 Å². The van der Waals surface area contributed by atoms with Gasteiger partial charge in [0.1, 0.15) is 11.5 Å². The molecule has 2 aromatic carbocycles. The van der Waals surface area contributed by atoms with Gasteiger partial charge < -0.3 is 9.64 Å². The summed E-state index contributed by atoms with van der Waals surface area (Å²) in [6.07, 6.45) is -1.000. The highest BCUT2D eigenvalue weighted by Crippen LogP contribution is 2.21. The van der Waals surface area contributed by atoms with E-state index in [1.165, 1.54) is 24.0 Å². The Labute approximate surface area is 175 Å². The molecule has 3 rings (SSSR count). The number of hydrogen-bond donors (Lipinski definition) is 1. The third-order valence-corrected chi connectivity index (χ3v) is 4.78. The number of halogens is 2. The Balaban J connectivity index is 1.61. The highest BCUT2D eigenvalue weighted by Gasteiger charge is 2.23. The smallest absolute Gasteiger partial charge is 0.357 e. The van der Waals surface area contributed by atoms with Gasteiger partial charge in [-0.1, -0.05) is 40.2 Å². The molecule has 6 nitrogen and oxygen atoms in total. The average Bonchev–Trinajstić information content (AvgIpc) is 3.18. The molecule has 1 heterocycles. The van der Waals surface area contributed by atoms with Crippen molar-refractivity contribution in [3.63, 3.8) is 0 Å². The molecule has 0 saturated carbocycles. The molecule has 0 aliphatic carbocycles. The van der Waals surface area contributed by atoms with Crippen molar-refractivity contribution in [3.05, 3.63) is 76.1 Å². The first-order valence-corrected chi connectivity index (χ1v) is 9.64. The van der Waals surface area contributed by atoms with E-state index in [-0.39, 0.29) is 18.1 Å². The van der Waals surface area contributed by atoms with Gasteiger partial charge >= 0.3 is 5.97 Å². The third-order valence-electron chi connectivity index (χ3n) is 4.25. The van der Waals surface area contributed by atoms with Gasteiger partial charge in [-0.05, 0) is 42.8 Å². The highest BCUT2D eigenvalue weighted by molar-refractivity contribution is 9.10. The molecular formula is C21H19BrFN3O3. The normalized spacial score (nSPS) is 11.7. The second kappa shape index (κ2) is 9.00. The molecule has 8 heteroatoms. The van der Waals surface area contributed by atoms with Crippen LogP contribution in [0.25, 0.3) is 11.3 Å². The lowest BCUT2D eigenvalue weighted by Gasteiger charge is -2.21. The van der Waals surface area contributed by atoms with Crippen LogP contribution in [-0.2, 0) is 16.1 Å². The van der Waals surface area contributed by atoms with Crippen molar-refractivity contribution in [2.24, 2.45) is 0 Å². The molecule has 0 radical (unpaired) electrons. The summed E-state index contributed by atoms with van der Waals surface area (Å²) in [6, 6.07) is 15.0. The number of amides is 1. The van der Waals surface area contributed by atoms with Crippen LogP contribution in [0.15, 0.2) is 59.1 Å². The molecule has 0 saturated heterocycles. The van der Waals surface area contributed by atoms with Gasteiger partial charge in [-0.25, -0.2) is 9.18 Å². The summed E-state index contributed by atoms with van der Waals surface area (Å²) in [4.78, 5) is 26.2. The van der Waals surface area contributed by atoms with Crippen LogP contribution in [0.1, 0.15) is 23.0 Å². The molecule has 0 spiro atoms. The minimum atomic E-state index is -1.000. The fourth-order valence-electron chi connectivity index (χ4n) is 2.77. The quantitative estimate of drug-likeness (QED) is 0.560. The summed E-state index contributed by atoms with van der Waals surface area (Å²) in [5.41, 5.74) is 2.22. The number of nitrogens with zero attached hydrogens (tertiary/aromatic N) is 2. The van der Waals surface area contributed by atoms with Gasteiger partial charge in [0.15, 0.2) is 6.10 Å². The van der Waals surface area contributed by atoms with E-state index in [9.17, 15) is 14.0 Å². The van der Waals surface area contributed by atoms with E-state index in [0.29, 0.717) is 11.3 Å². The maximum absolute atomic E-state index is 13.3. The number of nitrogens with one attached hydrogen (secondary N) is 1. The summed E-state index contributed by atoms with van der Waals surface area (Å²) >= 11 is 3.37. The van der Waals surface area contributed by atoms with Crippen LogP contribution in [0.3, 0.4) is 0 Å². The van der Waals surface area contributed by atoms with Crippen LogP contribution >= 0.6 is 15.9 Å². The van der Waals surface area contributed by atoms with Gasteiger partial charge in [-0.2, -0.15) is 5.10 Å². The van der Waals surface area contributed by atoms with Crippen molar-refractivity contribution < 1.29 is 18.7 Å². The Morgan fingerprint density at radius 1 is 1.21 bits per heavy atom. The van der Waals surface area contributed by atoms with Crippen LogP contribution < -0.4 is 0 Å². The lowest BCUT2D eigenvalue weighted by molar-refractivity contribution is -0.139. The topological polar surface area (TPSA) is 75.3 Å². The Morgan fingerprint density at radius 2 is 1.93 bits per heavy atom. The number of ether oxygens (including phenoxy) is 1. The Kier molecular flexibility index (Phi) is 6.43. The van der Waals surface area contributed by atoms with Crippen molar-refractivity contribution in [2.75, 3.05) is 7.05 Å². The number of carbonyl (C=O) groups is 2.